The molecule has 18 heavy (non-hydrogen) atoms. The molecule has 8 heteroatoms. The molecule has 0 radical (unpaired) electrons. The number of halogens is 1. The molecule has 1 aromatic carbocycles. The van der Waals surface area contributed by atoms with Crippen molar-refractivity contribution in [3.63, 3.8) is 0 Å². The van der Waals surface area contributed by atoms with Gasteiger partial charge in [-0.15, -0.1) is 0 Å². The van der Waals surface area contributed by atoms with Gasteiger partial charge >= 0.3 is 5.97 Å². The molecule has 0 heterocycles. The van der Waals surface area contributed by atoms with Gasteiger partial charge in [0.25, 0.3) is 5.69 Å². The number of hydrogen-bond acceptors (Lipinski definition) is 5. The predicted octanol–water partition coefficient (Wildman–Crippen LogP) is 1.38. The summed E-state index contributed by atoms with van der Waals surface area (Å²) in [6, 6.07) is 3.79. The van der Waals surface area contributed by atoms with Gasteiger partial charge in [0.15, 0.2) is 0 Å². The fraction of sp³-hybridized carbons (Fsp3) is 0.200. The summed E-state index contributed by atoms with van der Waals surface area (Å²) >= 11 is 5.63. The molecule has 1 aromatic rings. The number of nitro benzene ring substituents is 1. The van der Waals surface area contributed by atoms with Crippen LogP contribution in [-0.4, -0.2) is 31.0 Å². The van der Waals surface area contributed by atoms with E-state index in [1.54, 1.807) is 0 Å². The molecule has 0 fully saturated rings. The Morgan fingerprint density at radius 1 is 1.61 bits per heavy atom. The second kappa shape index (κ2) is 5.97. The summed E-state index contributed by atoms with van der Waals surface area (Å²) in [5.74, 6) is -0.639. The van der Waals surface area contributed by atoms with Gasteiger partial charge in [-0.25, -0.2) is 0 Å². The molecular formula is C10H9ClN2O5. The Balaban J connectivity index is 3.07. The summed E-state index contributed by atoms with van der Waals surface area (Å²) in [7, 11) is 1.18. The molecule has 96 valence electrons. The van der Waals surface area contributed by atoms with Gasteiger partial charge in [0.1, 0.15) is 11.6 Å². The fourth-order valence-electron chi connectivity index (χ4n) is 1.21. The van der Waals surface area contributed by atoms with Gasteiger partial charge in [0.05, 0.1) is 17.7 Å². The largest absolute Gasteiger partial charge is 0.468 e. The summed E-state index contributed by atoms with van der Waals surface area (Å²) < 4.78 is 4.41. The number of carbonyl (C=O) groups is 2. The first kappa shape index (κ1) is 13.9. The number of hydrogen-bond donors (Lipinski definition) is 0. The second-order valence-electron chi connectivity index (χ2n) is 3.20. The first-order chi connectivity index (χ1) is 8.49. The minimum atomic E-state index is -0.674. The number of anilines is 1. The van der Waals surface area contributed by atoms with Gasteiger partial charge in [-0.05, 0) is 12.1 Å². The molecule has 0 aliphatic heterocycles. The summed E-state index contributed by atoms with van der Waals surface area (Å²) in [6.07, 6.45) is 0.379. The molecule has 7 nitrogen and oxygen atoms in total. The number of ether oxygens (including phenoxy) is 1. The van der Waals surface area contributed by atoms with Crippen molar-refractivity contribution >= 4 is 35.4 Å². The maximum Gasteiger partial charge on any atom is 0.325 e. The molecule has 0 saturated heterocycles. The maximum atomic E-state index is 11.1. The third kappa shape index (κ3) is 3.17. The molecule has 0 aliphatic carbocycles. The van der Waals surface area contributed by atoms with Crippen LogP contribution < -0.4 is 4.90 Å². The quantitative estimate of drug-likeness (QED) is 0.350. The molecule has 0 N–H and O–H groups in total. The lowest BCUT2D eigenvalue weighted by Gasteiger charge is -2.15. The Bertz CT molecular complexity index is 491. The molecule has 0 bridgehead atoms. The average molecular weight is 273 g/mol. The van der Waals surface area contributed by atoms with E-state index >= 15 is 0 Å². The zero-order valence-electron chi connectivity index (χ0n) is 9.33. The van der Waals surface area contributed by atoms with Crippen LogP contribution in [0.2, 0.25) is 5.02 Å². The lowest BCUT2D eigenvalue weighted by atomic mass is 10.2. The Hall–Kier alpha value is -2.15. The predicted molar refractivity (Wildman–Crippen MR) is 63.5 cm³/mol. The summed E-state index contributed by atoms with van der Waals surface area (Å²) in [5, 5.41) is 10.6. The monoisotopic (exact) mass is 272 g/mol. The molecule has 0 aromatic heterocycles. The zero-order valence-corrected chi connectivity index (χ0v) is 10.1. The molecule has 0 saturated carbocycles. The standard InChI is InChI=1S/C10H9ClN2O5/c1-18-10(15)5-12(6-14)7-2-3-8(11)9(4-7)13(16)17/h2-4,6H,5H2,1H3. The van der Waals surface area contributed by atoms with Crippen LogP contribution in [0.3, 0.4) is 0 Å². The molecule has 0 atom stereocenters. The van der Waals surface area contributed by atoms with Crippen LogP contribution in [-0.2, 0) is 14.3 Å². The van der Waals surface area contributed by atoms with Crippen LogP contribution in [0.4, 0.5) is 11.4 Å². The Morgan fingerprint density at radius 3 is 2.78 bits per heavy atom. The van der Waals surface area contributed by atoms with Crippen molar-refractivity contribution in [3.8, 4) is 0 Å². The van der Waals surface area contributed by atoms with Crippen LogP contribution >= 0.6 is 11.6 Å². The molecule has 0 aliphatic rings. The van der Waals surface area contributed by atoms with E-state index in [-0.39, 0.29) is 22.9 Å². The normalized spacial score (nSPS) is 9.67. The van der Waals surface area contributed by atoms with Gasteiger partial charge in [0, 0.05) is 6.07 Å². The van der Waals surface area contributed by atoms with Gasteiger partial charge in [-0.1, -0.05) is 11.6 Å². The van der Waals surface area contributed by atoms with E-state index in [0.29, 0.717) is 6.41 Å². The average Bonchev–Trinajstić information content (AvgIpc) is 2.36. The van der Waals surface area contributed by atoms with Crippen molar-refractivity contribution in [2.45, 2.75) is 0 Å². The number of esters is 1. The Labute approximate surface area is 107 Å². The van der Waals surface area contributed by atoms with Crippen molar-refractivity contribution in [1.29, 1.82) is 0 Å². The van der Waals surface area contributed by atoms with E-state index in [4.69, 9.17) is 11.6 Å². The van der Waals surface area contributed by atoms with Crippen molar-refractivity contribution in [1.82, 2.24) is 0 Å². The van der Waals surface area contributed by atoms with E-state index in [2.05, 4.69) is 4.74 Å². The lowest BCUT2D eigenvalue weighted by Crippen LogP contribution is -2.29. The van der Waals surface area contributed by atoms with E-state index in [9.17, 15) is 19.7 Å². The van der Waals surface area contributed by atoms with Gasteiger partial charge in [-0.3, -0.25) is 19.7 Å². The van der Waals surface area contributed by atoms with Crippen molar-refractivity contribution in [2.24, 2.45) is 0 Å². The number of rotatable bonds is 5. The lowest BCUT2D eigenvalue weighted by molar-refractivity contribution is -0.384. The minimum absolute atomic E-state index is 0.0485. The van der Waals surface area contributed by atoms with Crippen LogP contribution in [0.25, 0.3) is 0 Å². The van der Waals surface area contributed by atoms with Crippen LogP contribution in [0, 0.1) is 10.1 Å². The molecule has 0 spiro atoms. The van der Waals surface area contributed by atoms with Crippen molar-refractivity contribution < 1.29 is 19.2 Å². The van der Waals surface area contributed by atoms with Crippen molar-refractivity contribution in [3.05, 3.63) is 33.3 Å². The number of carbonyl (C=O) groups excluding carboxylic acids is 2. The van der Waals surface area contributed by atoms with E-state index < -0.39 is 10.9 Å². The molecule has 1 rings (SSSR count). The Kier molecular flexibility index (Phi) is 4.61. The molecule has 0 unspecified atom stereocenters. The van der Waals surface area contributed by atoms with Gasteiger partial charge in [0.2, 0.25) is 6.41 Å². The highest BCUT2D eigenvalue weighted by Gasteiger charge is 2.17. The van der Waals surface area contributed by atoms with Gasteiger partial charge in [-0.2, -0.15) is 0 Å². The highest BCUT2D eigenvalue weighted by atomic mass is 35.5. The van der Waals surface area contributed by atoms with Gasteiger partial charge < -0.3 is 9.64 Å². The summed E-state index contributed by atoms with van der Waals surface area (Å²) in [5.41, 5.74) is -0.155. The van der Waals surface area contributed by atoms with Crippen LogP contribution in [0.1, 0.15) is 0 Å². The first-order valence-electron chi connectivity index (χ1n) is 4.72. The summed E-state index contributed by atoms with van der Waals surface area (Å²) in [6.45, 7) is -0.335. The number of benzene rings is 1. The fourth-order valence-corrected chi connectivity index (χ4v) is 1.40. The highest BCUT2D eigenvalue weighted by Crippen LogP contribution is 2.28. The number of amides is 1. The van der Waals surface area contributed by atoms with Crippen molar-refractivity contribution in [2.75, 3.05) is 18.6 Å². The zero-order chi connectivity index (χ0) is 13.7. The van der Waals surface area contributed by atoms with Crippen LogP contribution in [0.15, 0.2) is 18.2 Å². The smallest absolute Gasteiger partial charge is 0.325 e. The third-order valence-corrected chi connectivity index (χ3v) is 2.43. The minimum Gasteiger partial charge on any atom is -0.468 e. The van der Waals surface area contributed by atoms with E-state index in [0.717, 1.165) is 11.0 Å². The SMILES string of the molecule is COC(=O)CN(C=O)c1ccc(Cl)c([N+](=O)[O-])c1. The molecule has 1 amide bonds. The van der Waals surface area contributed by atoms with Crippen LogP contribution in [0.5, 0.6) is 0 Å². The maximum absolute atomic E-state index is 11.1. The second-order valence-corrected chi connectivity index (χ2v) is 3.61. The first-order valence-corrected chi connectivity index (χ1v) is 5.10. The number of methoxy groups -OCH3 is 1. The molecular weight excluding hydrogens is 264 g/mol. The van der Waals surface area contributed by atoms with E-state index in [1.165, 1.54) is 19.2 Å². The Morgan fingerprint density at radius 2 is 2.28 bits per heavy atom. The summed E-state index contributed by atoms with van der Waals surface area (Å²) in [4.78, 5) is 32.9. The van der Waals surface area contributed by atoms with E-state index in [1.807, 2.05) is 0 Å². The number of nitrogens with zero attached hydrogens (tertiary/aromatic N) is 2. The highest BCUT2D eigenvalue weighted by molar-refractivity contribution is 6.32. The topological polar surface area (TPSA) is 89.8 Å². The number of nitro groups is 1. The third-order valence-electron chi connectivity index (χ3n) is 2.11.